The molecule has 0 aromatic carbocycles. The average molecular weight is 415 g/mol. The van der Waals surface area contributed by atoms with Crippen molar-refractivity contribution in [3.8, 4) is 6.07 Å². The number of fused-ring (bicyclic) bond motifs is 1. The first kappa shape index (κ1) is 19.2. The first-order chi connectivity index (χ1) is 14.0. The Hall–Kier alpha value is -3.12. The Labute approximate surface area is 170 Å². The highest BCUT2D eigenvalue weighted by Gasteiger charge is 2.34. The molecule has 1 fully saturated rings. The van der Waals surface area contributed by atoms with E-state index in [9.17, 15) is 19.2 Å². The Morgan fingerprint density at radius 3 is 2.97 bits per heavy atom. The molecule has 4 rings (SSSR count). The molecule has 0 bridgehead atoms. The van der Waals surface area contributed by atoms with Crippen molar-refractivity contribution in [3.05, 3.63) is 46.2 Å². The predicted molar refractivity (Wildman–Crippen MR) is 104 cm³/mol. The van der Waals surface area contributed by atoms with Crippen LogP contribution >= 0.6 is 11.3 Å². The predicted octanol–water partition coefficient (Wildman–Crippen LogP) is 3.51. The Morgan fingerprint density at radius 1 is 1.45 bits per heavy atom. The molecule has 2 aliphatic rings. The van der Waals surface area contributed by atoms with E-state index in [1.165, 1.54) is 34.8 Å². The summed E-state index contributed by atoms with van der Waals surface area (Å²) in [4.78, 5) is 26.5. The molecule has 0 radical (unpaired) electrons. The molecule has 3 heterocycles. The average Bonchev–Trinajstić information content (AvgIpc) is 3.30. The van der Waals surface area contributed by atoms with E-state index in [-0.39, 0.29) is 25.1 Å². The van der Waals surface area contributed by atoms with E-state index >= 15 is 0 Å². The summed E-state index contributed by atoms with van der Waals surface area (Å²) in [6.45, 7) is 0.161. The van der Waals surface area contributed by atoms with Crippen LogP contribution < -0.4 is 5.32 Å². The summed E-state index contributed by atoms with van der Waals surface area (Å²) in [5.41, 5.74) is 2.12. The summed E-state index contributed by atoms with van der Waals surface area (Å²) in [7, 11) is 0. The smallest absolute Gasteiger partial charge is 0.410 e. The van der Waals surface area contributed by atoms with Crippen LogP contribution in [0, 0.1) is 11.3 Å². The molecule has 2 amide bonds. The van der Waals surface area contributed by atoms with Crippen LogP contribution in [-0.4, -0.2) is 42.3 Å². The van der Waals surface area contributed by atoms with Gasteiger partial charge in [-0.05, 0) is 30.5 Å². The van der Waals surface area contributed by atoms with Crippen LogP contribution in [0.15, 0.2) is 29.1 Å². The molecule has 0 saturated carbocycles. The molecule has 7 nitrogen and oxygen atoms in total. The summed E-state index contributed by atoms with van der Waals surface area (Å²) in [5, 5.41) is 12.8. The van der Waals surface area contributed by atoms with Gasteiger partial charge in [0.25, 0.3) is 0 Å². The maximum absolute atomic E-state index is 12.9. The molecule has 1 N–H and O–H groups in total. The number of nitrogens with one attached hydrogen (secondary N) is 1. The number of likely N-dealkylation sites (tertiary alicyclic amines) is 1. The van der Waals surface area contributed by atoms with Crippen LogP contribution in [-0.2, 0) is 22.4 Å². The van der Waals surface area contributed by atoms with Gasteiger partial charge in [0.2, 0.25) is 5.91 Å². The quantitative estimate of drug-likeness (QED) is 0.771. The number of hydrogen-bond donors (Lipinski definition) is 1. The monoisotopic (exact) mass is 415 g/mol. The van der Waals surface area contributed by atoms with Crippen molar-refractivity contribution >= 4 is 34.4 Å². The van der Waals surface area contributed by atoms with Crippen molar-refractivity contribution in [3.63, 3.8) is 0 Å². The summed E-state index contributed by atoms with van der Waals surface area (Å²) in [6.07, 6.45) is 5.89. The lowest BCUT2D eigenvalue weighted by Gasteiger charge is -2.35. The molecular formula is C20H18FN3O4S. The van der Waals surface area contributed by atoms with E-state index in [1.807, 2.05) is 0 Å². The number of carbonyl (C=O) groups excluding carboxylic acids is 2. The van der Waals surface area contributed by atoms with Gasteiger partial charge in [-0.25, -0.2) is 9.18 Å². The minimum absolute atomic E-state index is 0.0803. The zero-order valence-electron chi connectivity index (χ0n) is 15.4. The van der Waals surface area contributed by atoms with Crippen molar-refractivity contribution < 1.29 is 23.1 Å². The highest BCUT2D eigenvalue weighted by Crippen LogP contribution is 2.38. The lowest BCUT2D eigenvalue weighted by atomic mass is 9.94. The van der Waals surface area contributed by atoms with Crippen molar-refractivity contribution in [2.45, 2.75) is 31.5 Å². The minimum Gasteiger partial charge on any atom is -0.472 e. The number of thiophene rings is 1. The van der Waals surface area contributed by atoms with Gasteiger partial charge in [-0.2, -0.15) is 5.26 Å². The number of nitrogens with zero attached hydrogens (tertiary/aromatic N) is 2. The number of anilines is 1. The number of halogens is 1. The van der Waals surface area contributed by atoms with Gasteiger partial charge in [-0.3, -0.25) is 4.79 Å². The van der Waals surface area contributed by atoms with Gasteiger partial charge in [0.05, 0.1) is 31.2 Å². The zero-order chi connectivity index (χ0) is 20.4. The molecule has 1 aliphatic heterocycles. The fourth-order valence-corrected chi connectivity index (χ4v) is 4.61. The Kier molecular flexibility index (Phi) is 5.36. The van der Waals surface area contributed by atoms with E-state index in [0.717, 1.165) is 16.0 Å². The highest BCUT2D eigenvalue weighted by molar-refractivity contribution is 7.16. The SMILES string of the molecule is N#Cc1c(NC(=O)/C=C/c2ccoc2)sc2c1CCC(OC(=O)N1CC(F)C1)C2. The van der Waals surface area contributed by atoms with Gasteiger partial charge in [0, 0.05) is 22.9 Å². The molecular weight excluding hydrogens is 397 g/mol. The third-order valence-corrected chi connectivity index (χ3v) is 6.07. The molecule has 1 atom stereocenters. The second-order valence-electron chi connectivity index (χ2n) is 6.95. The Morgan fingerprint density at radius 2 is 2.28 bits per heavy atom. The van der Waals surface area contributed by atoms with Crippen LogP contribution in [0.5, 0.6) is 0 Å². The first-order valence-corrected chi connectivity index (χ1v) is 10.0. The lowest BCUT2D eigenvalue weighted by Crippen LogP contribution is -2.52. The second kappa shape index (κ2) is 8.09. The summed E-state index contributed by atoms with van der Waals surface area (Å²) in [6, 6.07) is 3.90. The van der Waals surface area contributed by atoms with E-state index in [1.54, 1.807) is 12.1 Å². The number of amides is 2. The zero-order valence-corrected chi connectivity index (χ0v) is 16.2. The van der Waals surface area contributed by atoms with Crippen LogP contribution in [0.1, 0.15) is 28.0 Å². The first-order valence-electron chi connectivity index (χ1n) is 9.19. The number of alkyl halides is 1. The highest BCUT2D eigenvalue weighted by atomic mass is 32.1. The maximum Gasteiger partial charge on any atom is 0.410 e. The molecule has 2 aromatic rings. The summed E-state index contributed by atoms with van der Waals surface area (Å²) in [5.74, 6) is -0.345. The van der Waals surface area contributed by atoms with Crippen molar-refractivity contribution in [1.82, 2.24) is 4.90 Å². The topological polar surface area (TPSA) is 95.6 Å². The van der Waals surface area contributed by atoms with Gasteiger partial charge in [-0.15, -0.1) is 11.3 Å². The minimum atomic E-state index is -0.968. The van der Waals surface area contributed by atoms with Gasteiger partial charge in [0.1, 0.15) is 23.3 Å². The van der Waals surface area contributed by atoms with Crippen LogP contribution in [0.2, 0.25) is 0 Å². The summed E-state index contributed by atoms with van der Waals surface area (Å²) >= 11 is 1.33. The Balaban J connectivity index is 1.41. The van der Waals surface area contributed by atoms with Gasteiger partial charge in [-0.1, -0.05) is 0 Å². The van der Waals surface area contributed by atoms with Gasteiger partial charge >= 0.3 is 6.09 Å². The largest absolute Gasteiger partial charge is 0.472 e. The number of carbonyl (C=O) groups is 2. The van der Waals surface area contributed by atoms with Gasteiger partial charge < -0.3 is 19.4 Å². The van der Waals surface area contributed by atoms with Gasteiger partial charge in [0.15, 0.2) is 0 Å². The van der Waals surface area contributed by atoms with E-state index in [4.69, 9.17) is 9.15 Å². The number of furan rings is 1. The molecule has 9 heteroatoms. The molecule has 1 unspecified atom stereocenters. The van der Waals surface area contributed by atoms with Crippen molar-refractivity contribution in [2.75, 3.05) is 18.4 Å². The molecule has 2 aromatic heterocycles. The third-order valence-electron chi connectivity index (χ3n) is 4.90. The number of ether oxygens (including phenoxy) is 1. The van der Waals surface area contributed by atoms with E-state index in [0.29, 0.717) is 29.8 Å². The van der Waals surface area contributed by atoms with E-state index < -0.39 is 12.3 Å². The van der Waals surface area contributed by atoms with Crippen LogP contribution in [0.25, 0.3) is 6.08 Å². The molecule has 29 heavy (non-hydrogen) atoms. The Bertz CT molecular complexity index is 986. The fourth-order valence-electron chi connectivity index (χ4n) is 3.35. The number of nitriles is 1. The van der Waals surface area contributed by atoms with Crippen LogP contribution in [0.3, 0.4) is 0 Å². The molecule has 150 valence electrons. The fraction of sp³-hybridized carbons (Fsp3) is 0.350. The third kappa shape index (κ3) is 4.17. The molecule has 1 aliphatic carbocycles. The van der Waals surface area contributed by atoms with Crippen molar-refractivity contribution in [1.29, 1.82) is 5.26 Å². The maximum atomic E-state index is 12.9. The molecule has 0 spiro atoms. The molecule has 1 saturated heterocycles. The normalized spacial score (nSPS) is 18.8. The lowest BCUT2D eigenvalue weighted by molar-refractivity contribution is -0.111. The second-order valence-corrected chi connectivity index (χ2v) is 8.05. The number of hydrogen-bond acceptors (Lipinski definition) is 6. The standard InChI is InChI=1S/C20H18FN3O4S/c21-13-9-24(10-13)20(26)28-14-2-3-15-16(8-22)19(29-17(15)7-14)23-18(25)4-1-12-5-6-27-11-12/h1,4-6,11,13-14H,2-3,7,9-10H2,(H,23,25)/b4-1+. The summed E-state index contributed by atoms with van der Waals surface area (Å²) < 4.78 is 23.3. The van der Waals surface area contributed by atoms with Crippen molar-refractivity contribution in [2.24, 2.45) is 0 Å². The van der Waals surface area contributed by atoms with Crippen LogP contribution in [0.4, 0.5) is 14.2 Å². The number of rotatable bonds is 4. The van der Waals surface area contributed by atoms with E-state index in [2.05, 4.69) is 11.4 Å².